The van der Waals surface area contributed by atoms with Crippen LogP contribution < -0.4 is 15.5 Å². The van der Waals surface area contributed by atoms with Gasteiger partial charge in [0.1, 0.15) is 6.10 Å². The Morgan fingerprint density at radius 1 is 0.900 bits per heavy atom. The van der Waals surface area contributed by atoms with Crippen molar-refractivity contribution >= 4 is 34.7 Å². The van der Waals surface area contributed by atoms with Crippen molar-refractivity contribution in [1.29, 1.82) is 0 Å². The van der Waals surface area contributed by atoms with E-state index in [2.05, 4.69) is 10.6 Å². The number of rotatable bonds is 5. The summed E-state index contributed by atoms with van der Waals surface area (Å²) in [4.78, 5) is 26.2. The van der Waals surface area contributed by atoms with Crippen LogP contribution in [-0.4, -0.2) is 24.6 Å². The molecule has 6 heteroatoms. The lowest BCUT2D eigenvalue weighted by molar-refractivity contribution is -0.117. The van der Waals surface area contributed by atoms with E-state index in [1.807, 2.05) is 73.7 Å². The monoisotopic (exact) mass is 401 g/mol. The highest BCUT2D eigenvalue weighted by Crippen LogP contribution is 2.24. The summed E-state index contributed by atoms with van der Waals surface area (Å²) >= 11 is 0. The van der Waals surface area contributed by atoms with Gasteiger partial charge in [0.25, 0.3) is 0 Å². The fourth-order valence-corrected chi connectivity index (χ4v) is 3.35. The largest absolute Gasteiger partial charge is 0.444 e. The van der Waals surface area contributed by atoms with E-state index in [0.29, 0.717) is 12.2 Å². The van der Waals surface area contributed by atoms with Crippen LogP contribution in [0.15, 0.2) is 78.9 Å². The van der Waals surface area contributed by atoms with E-state index in [0.717, 1.165) is 22.6 Å². The average molecular weight is 401 g/mol. The Hall–Kier alpha value is -3.80. The van der Waals surface area contributed by atoms with Crippen LogP contribution >= 0.6 is 0 Å². The number of ether oxygens (including phenoxy) is 1. The summed E-state index contributed by atoms with van der Waals surface area (Å²) in [6.07, 6.45) is -0.860. The summed E-state index contributed by atoms with van der Waals surface area (Å²) in [6.45, 7) is 2.35. The highest BCUT2D eigenvalue weighted by molar-refractivity contribution is 5.96. The lowest BCUT2D eigenvalue weighted by Crippen LogP contribution is -2.27. The summed E-state index contributed by atoms with van der Waals surface area (Å²) < 4.78 is 5.46. The minimum absolute atomic E-state index is 0.0482. The first-order valence-electron chi connectivity index (χ1n) is 9.83. The van der Waals surface area contributed by atoms with E-state index in [1.165, 1.54) is 0 Å². The van der Waals surface area contributed by atoms with Crippen LogP contribution in [0, 0.1) is 6.92 Å². The number of carbonyl (C=O) groups excluding carboxylic acids is 2. The maximum Gasteiger partial charge on any atom is 0.411 e. The Bertz CT molecular complexity index is 1020. The zero-order valence-corrected chi connectivity index (χ0v) is 16.7. The van der Waals surface area contributed by atoms with E-state index in [4.69, 9.17) is 4.74 Å². The number of nitrogens with one attached hydrogen (secondary N) is 2. The standard InChI is InChI=1S/C24H23N3O3/c1-17-7-13-21(14-8-17)27-16-22(15-23(27)28)30-24(29)26-20-11-9-19(10-12-20)25-18-5-3-2-4-6-18/h2-14,22,25H,15-16H2,1H3,(H,26,29). The van der Waals surface area contributed by atoms with Gasteiger partial charge in [-0.25, -0.2) is 4.79 Å². The molecule has 0 aliphatic carbocycles. The molecule has 0 aromatic heterocycles. The molecule has 3 aromatic rings. The van der Waals surface area contributed by atoms with E-state index in [9.17, 15) is 9.59 Å². The molecule has 0 saturated carbocycles. The van der Waals surface area contributed by atoms with E-state index >= 15 is 0 Å². The maximum absolute atomic E-state index is 12.3. The molecule has 0 bridgehead atoms. The molecular formula is C24H23N3O3. The lowest BCUT2D eigenvalue weighted by atomic mass is 10.2. The Labute approximate surface area is 175 Å². The predicted molar refractivity (Wildman–Crippen MR) is 118 cm³/mol. The first kappa shape index (κ1) is 19.5. The molecule has 1 unspecified atom stereocenters. The number of benzene rings is 3. The highest BCUT2D eigenvalue weighted by Gasteiger charge is 2.33. The second-order valence-corrected chi connectivity index (χ2v) is 7.26. The molecule has 1 atom stereocenters. The van der Waals surface area contributed by atoms with Crippen molar-refractivity contribution in [2.24, 2.45) is 0 Å². The summed E-state index contributed by atoms with van der Waals surface area (Å²) in [7, 11) is 0. The maximum atomic E-state index is 12.3. The van der Waals surface area contributed by atoms with Crippen LogP contribution in [0.4, 0.5) is 27.5 Å². The zero-order valence-electron chi connectivity index (χ0n) is 16.7. The van der Waals surface area contributed by atoms with Gasteiger partial charge in [-0.1, -0.05) is 35.9 Å². The number of para-hydroxylation sites is 1. The number of anilines is 4. The predicted octanol–water partition coefficient (Wildman–Crippen LogP) is 5.09. The molecule has 3 aromatic carbocycles. The van der Waals surface area contributed by atoms with Crippen molar-refractivity contribution in [3.05, 3.63) is 84.4 Å². The van der Waals surface area contributed by atoms with Gasteiger partial charge in [-0.3, -0.25) is 10.1 Å². The summed E-state index contributed by atoms with van der Waals surface area (Å²) in [5.41, 5.74) is 4.47. The van der Waals surface area contributed by atoms with Gasteiger partial charge in [-0.15, -0.1) is 0 Å². The smallest absolute Gasteiger partial charge is 0.411 e. The van der Waals surface area contributed by atoms with Crippen molar-refractivity contribution in [3.63, 3.8) is 0 Å². The van der Waals surface area contributed by atoms with Crippen LogP contribution in [0.2, 0.25) is 0 Å². The Kier molecular flexibility index (Phi) is 5.66. The number of nitrogens with zero attached hydrogens (tertiary/aromatic N) is 1. The lowest BCUT2D eigenvalue weighted by Gasteiger charge is -2.17. The molecule has 4 rings (SSSR count). The minimum Gasteiger partial charge on any atom is -0.444 e. The van der Waals surface area contributed by atoms with Crippen molar-refractivity contribution in [2.75, 3.05) is 22.1 Å². The summed E-state index contributed by atoms with van der Waals surface area (Å²) in [5, 5.41) is 6.00. The molecule has 6 nitrogen and oxygen atoms in total. The molecule has 2 amide bonds. The number of hydrogen-bond acceptors (Lipinski definition) is 4. The van der Waals surface area contributed by atoms with E-state index < -0.39 is 12.2 Å². The summed E-state index contributed by atoms with van der Waals surface area (Å²) in [6, 6.07) is 24.9. The minimum atomic E-state index is -0.567. The number of hydrogen-bond donors (Lipinski definition) is 2. The third-order valence-electron chi connectivity index (χ3n) is 4.90. The Morgan fingerprint density at radius 3 is 2.23 bits per heavy atom. The van der Waals surface area contributed by atoms with Crippen molar-refractivity contribution < 1.29 is 14.3 Å². The van der Waals surface area contributed by atoms with Crippen LogP contribution in [0.25, 0.3) is 0 Å². The van der Waals surface area contributed by atoms with Crippen LogP contribution in [0.5, 0.6) is 0 Å². The van der Waals surface area contributed by atoms with Crippen molar-refractivity contribution in [2.45, 2.75) is 19.4 Å². The fourth-order valence-electron chi connectivity index (χ4n) is 3.35. The molecule has 1 aliphatic heterocycles. The molecule has 152 valence electrons. The molecule has 1 fully saturated rings. The number of carbonyl (C=O) groups is 2. The van der Waals surface area contributed by atoms with Crippen LogP contribution in [0.1, 0.15) is 12.0 Å². The average Bonchev–Trinajstić information content (AvgIpc) is 3.10. The van der Waals surface area contributed by atoms with Crippen molar-refractivity contribution in [1.82, 2.24) is 0 Å². The molecule has 1 aliphatic rings. The fraction of sp³-hybridized carbons (Fsp3) is 0.167. The molecule has 2 N–H and O–H groups in total. The van der Waals surface area contributed by atoms with Gasteiger partial charge in [-0.2, -0.15) is 0 Å². The van der Waals surface area contributed by atoms with Gasteiger partial charge in [0, 0.05) is 22.7 Å². The SMILES string of the molecule is Cc1ccc(N2CC(OC(=O)Nc3ccc(Nc4ccccc4)cc3)CC2=O)cc1. The van der Waals surface area contributed by atoms with Gasteiger partial charge < -0.3 is 15.0 Å². The van der Waals surface area contributed by atoms with E-state index in [-0.39, 0.29) is 12.3 Å². The third-order valence-corrected chi connectivity index (χ3v) is 4.90. The zero-order chi connectivity index (χ0) is 20.9. The van der Waals surface area contributed by atoms with Gasteiger partial charge in [0.2, 0.25) is 5.91 Å². The van der Waals surface area contributed by atoms with Gasteiger partial charge >= 0.3 is 6.09 Å². The van der Waals surface area contributed by atoms with Crippen LogP contribution in [0.3, 0.4) is 0 Å². The molecule has 30 heavy (non-hydrogen) atoms. The Balaban J connectivity index is 1.30. The number of aryl methyl sites for hydroxylation is 1. The normalized spacial score (nSPS) is 15.7. The van der Waals surface area contributed by atoms with E-state index in [1.54, 1.807) is 17.0 Å². The second kappa shape index (κ2) is 8.69. The Morgan fingerprint density at radius 2 is 1.53 bits per heavy atom. The first-order chi connectivity index (χ1) is 14.6. The summed E-state index contributed by atoms with van der Waals surface area (Å²) in [5.74, 6) is -0.0482. The third kappa shape index (κ3) is 4.78. The van der Waals surface area contributed by atoms with Gasteiger partial charge in [-0.05, 0) is 55.5 Å². The molecule has 0 spiro atoms. The molecular weight excluding hydrogens is 378 g/mol. The number of amides is 2. The second-order valence-electron chi connectivity index (χ2n) is 7.26. The molecule has 1 heterocycles. The van der Waals surface area contributed by atoms with Crippen LogP contribution in [-0.2, 0) is 9.53 Å². The quantitative estimate of drug-likeness (QED) is 0.625. The van der Waals surface area contributed by atoms with Crippen molar-refractivity contribution in [3.8, 4) is 0 Å². The molecule has 1 saturated heterocycles. The topological polar surface area (TPSA) is 70.7 Å². The van der Waals surface area contributed by atoms with Gasteiger partial charge in [0.05, 0.1) is 13.0 Å². The first-order valence-corrected chi connectivity index (χ1v) is 9.83. The molecule has 0 radical (unpaired) electrons. The van der Waals surface area contributed by atoms with Gasteiger partial charge in [0.15, 0.2) is 0 Å². The highest BCUT2D eigenvalue weighted by atomic mass is 16.6.